The van der Waals surface area contributed by atoms with E-state index in [2.05, 4.69) is 5.32 Å². The third kappa shape index (κ3) is 6.03. The van der Waals surface area contributed by atoms with Gasteiger partial charge in [-0.2, -0.15) is 11.8 Å². The Kier molecular flexibility index (Phi) is 7.80. The van der Waals surface area contributed by atoms with Gasteiger partial charge < -0.3 is 15.8 Å². The molecule has 112 valence electrons. The lowest BCUT2D eigenvalue weighted by molar-refractivity contribution is -0.122. The summed E-state index contributed by atoms with van der Waals surface area (Å²) >= 11 is 7.68. The van der Waals surface area contributed by atoms with Gasteiger partial charge in [-0.15, -0.1) is 0 Å². The number of carbonyl (C=O) groups excluding carboxylic acids is 1. The number of ether oxygens (including phenoxy) is 1. The first-order valence-electron chi connectivity index (χ1n) is 6.48. The summed E-state index contributed by atoms with van der Waals surface area (Å²) in [6.45, 7) is 2.27. The molecule has 0 spiro atoms. The van der Waals surface area contributed by atoms with Crippen LogP contribution in [0.5, 0.6) is 5.75 Å². The van der Waals surface area contributed by atoms with E-state index in [1.54, 1.807) is 23.9 Å². The molecule has 0 saturated carbocycles. The highest BCUT2D eigenvalue weighted by Gasteiger charge is 2.14. The van der Waals surface area contributed by atoms with Crippen LogP contribution in [0.4, 0.5) is 0 Å². The van der Waals surface area contributed by atoms with Crippen LogP contribution >= 0.6 is 23.4 Å². The molecule has 0 aliphatic rings. The third-order valence-electron chi connectivity index (χ3n) is 2.70. The highest BCUT2D eigenvalue weighted by atomic mass is 35.5. The predicted molar refractivity (Wildman–Crippen MR) is 85.5 cm³/mol. The third-order valence-corrected chi connectivity index (χ3v) is 3.65. The Balaban J connectivity index is 2.34. The molecule has 0 bridgehead atoms. The molecule has 1 amide bonds. The molecule has 3 N–H and O–H groups in total. The van der Waals surface area contributed by atoms with E-state index in [1.165, 1.54) is 0 Å². The van der Waals surface area contributed by atoms with E-state index in [4.69, 9.17) is 22.1 Å². The zero-order chi connectivity index (χ0) is 15.0. The number of nitrogens with two attached hydrogens (primary N) is 1. The van der Waals surface area contributed by atoms with Gasteiger partial charge >= 0.3 is 0 Å². The van der Waals surface area contributed by atoms with Crippen LogP contribution in [0.25, 0.3) is 0 Å². The van der Waals surface area contributed by atoms with Gasteiger partial charge in [0.2, 0.25) is 5.91 Å². The van der Waals surface area contributed by atoms with Crippen molar-refractivity contribution in [2.75, 3.05) is 18.6 Å². The van der Waals surface area contributed by atoms with Gasteiger partial charge in [0, 0.05) is 0 Å². The van der Waals surface area contributed by atoms with Crippen molar-refractivity contribution >= 4 is 29.3 Å². The van der Waals surface area contributed by atoms with E-state index in [9.17, 15) is 4.79 Å². The lowest BCUT2D eigenvalue weighted by atomic mass is 10.2. The summed E-state index contributed by atoms with van der Waals surface area (Å²) < 4.78 is 5.66. The van der Waals surface area contributed by atoms with Gasteiger partial charge in [-0.3, -0.25) is 4.79 Å². The average Bonchev–Trinajstić information content (AvgIpc) is 2.44. The van der Waals surface area contributed by atoms with Crippen LogP contribution < -0.4 is 15.8 Å². The second kappa shape index (κ2) is 9.10. The number of nitrogens with one attached hydrogen (secondary N) is 1. The highest BCUT2D eigenvalue weighted by Crippen LogP contribution is 2.23. The quantitative estimate of drug-likeness (QED) is 0.772. The topological polar surface area (TPSA) is 64.4 Å². The number of thioether (sulfide) groups is 1. The molecule has 0 fully saturated rings. The minimum absolute atomic E-state index is 0.145. The second-order valence-electron chi connectivity index (χ2n) is 4.49. The maximum Gasteiger partial charge on any atom is 0.237 e. The Morgan fingerprint density at radius 1 is 1.50 bits per heavy atom. The average molecular weight is 317 g/mol. The zero-order valence-corrected chi connectivity index (χ0v) is 13.3. The molecule has 0 saturated heterocycles. The summed E-state index contributed by atoms with van der Waals surface area (Å²) in [5.74, 6) is 1.34. The molecule has 1 unspecified atom stereocenters. The first kappa shape index (κ1) is 17.1. The van der Waals surface area contributed by atoms with Crippen LogP contribution in [-0.2, 0) is 4.79 Å². The Morgan fingerprint density at radius 2 is 2.20 bits per heavy atom. The van der Waals surface area contributed by atoms with Crippen LogP contribution in [0.1, 0.15) is 13.3 Å². The number of hydrogen-bond acceptors (Lipinski definition) is 4. The number of hydrogen-bond donors (Lipinski definition) is 2. The highest BCUT2D eigenvalue weighted by molar-refractivity contribution is 7.98. The second-order valence-corrected chi connectivity index (χ2v) is 5.88. The van der Waals surface area contributed by atoms with Crippen molar-refractivity contribution in [3.05, 3.63) is 29.3 Å². The van der Waals surface area contributed by atoms with E-state index >= 15 is 0 Å². The van der Waals surface area contributed by atoms with Crippen LogP contribution in [0.15, 0.2) is 24.3 Å². The fourth-order valence-corrected chi connectivity index (χ4v) is 2.22. The van der Waals surface area contributed by atoms with E-state index in [0.717, 1.165) is 5.75 Å². The summed E-state index contributed by atoms with van der Waals surface area (Å²) in [5.41, 5.74) is 5.78. The molecule has 6 heteroatoms. The van der Waals surface area contributed by atoms with Crippen molar-refractivity contribution in [2.24, 2.45) is 5.73 Å². The van der Waals surface area contributed by atoms with E-state index in [-0.39, 0.29) is 12.0 Å². The molecule has 1 rings (SSSR count). The zero-order valence-electron chi connectivity index (χ0n) is 11.8. The maximum absolute atomic E-state index is 11.7. The lowest BCUT2D eigenvalue weighted by Gasteiger charge is -2.18. The van der Waals surface area contributed by atoms with Gasteiger partial charge in [0.05, 0.1) is 17.6 Å². The van der Waals surface area contributed by atoms with E-state index < -0.39 is 6.04 Å². The summed E-state index contributed by atoms with van der Waals surface area (Å²) in [6.07, 6.45) is 2.49. The Bertz CT molecular complexity index is 431. The summed E-state index contributed by atoms with van der Waals surface area (Å²) in [4.78, 5) is 11.7. The van der Waals surface area contributed by atoms with Crippen molar-refractivity contribution < 1.29 is 9.53 Å². The minimum atomic E-state index is -0.463. The van der Waals surface area contributed by atoms with Gasteiger partial charge in [0.15, 0.2) is 0 Å². The lowest BCUT2D eigenvalue weighted by Crippen LogP contribution is -2.44. The normalized spacial score (nSPS) is 13.6. The fraction of sp³-hybridized carbons (Fsp3) is 0.500. The maximum atomic E-state index is 11.7. The van der Waals surface area contributed by atoms with Gasteiger partial charge in [0.1, 0.15) is 11.9 Å². The molecular weight excluding hydrogens is 296 g/mol. The van der Waals surface area contributed by atoms with Crippen molar-refractivity contribution in [3.63, 3.8) is 0 Å². The molecule has 0 aliphatic carbocycles. The molecule has 1 aromatic carbocycles. The van der Waals surface area contributed by atoms with Crippen molar-refractivity contribution in [2.45, 2.75) is 25.5 Å². The minimum Gasteiger partial charge on any atom is -0.487 e. The first-order valence-corrected chi connectivity index (χ1v) is 8.25. The molecule has 0 heterocycles. The van der Waals surface area contributed by atoms with E-state index in [0.29, 0.717) is 23.7 Å². The molecule has 0 aromatic heterocycles. The van der Waals surface area contributed by atoms with E-state index in [1.807, 2.05) is 25.3 Å². The van der Waals surface area contributed by atoms with Crippen LogP contribution in [0.3, 0.4) is 0 Å². The van der Waals surface area contributed by atoms with Crippen LogP contribution in [-0.4, -0.2) is 36.6 Å². The number of amides is 1. The monoisotopic (exact) mass is 316 g/mol. The standard InChI is InChI=1S/C14H21ClN2O2S/c1-10(19-13-6-4-3-5-11(13)15)9-17-14(18)12(16)7-8-20-2/h3-6,10,12H,7-9,16H2,1-2H3,(H,17,18)/t10?,12-/m0/s1. The van der Waals surface area contributed by atoms with Crippen LogP contribution in [0, 0.1) is 0 Å². The molecule has 20 heavy (non-hydrogen) atoms. The van der Waals surface area contributed by atoms with Gasteiger partial charge in [-0.25, -0.2) is 0 Å². The Hall–Kier alpha value is -0.910. The van der Waals surface area contributed by atoms with Gasteiger partial charge in [0.25, 0.3) is 0 Å². The van der Waals surface area contributed by atoms with Gasteiger partial charge in [-0.1, -0.05) is 23.7 Å². The largest absolute Gasteiger partial charge is 0.487 e. The Labute approximate surface area is 129 Å². The molecule has 1 aromatic rings. The number of benzene rings is 1. The molecular formula is C14H21ClN2O2S. The number of rotatable bonds is 8. The summed E-state index contributed by atoms with van der Waals surface area (Å²) in [6, 6.07) is 6.79. The first-order chi connectivity index (χ1) is 9.54. The molecule has 0 aliphatic heterocycles. The molecule has 4 nitrogen and oxygen atoms in total. The predicted octanol–water partition coefficient (Wildman–Crippen LogP) is 2.30. The Morgan fingerprint density at radius 3 is 2.85 bits per heavy atom. The van der Waals surface area contributed by atoms with Gasteiger partial charge in [-0.05, 0) is 37.5 Å². The summed E-state index contributed by atoms with van der Waals surface area (Å²) in [5, 5.41) is 3.35. The molecule has 0 radical (unpaired) electrons. The number of carbonyl (C=O) groups is 1. The fourth-order valence-electron chi connectivity index (χ4n) is 1.55. The van der Waals surface area contributed by atoms with Crippen molar-refractivity contribution in [1.29, 1.82) is 0 Å². The van der Waals surface area contributed by atoms with Crippen molar-refractivity contribution in [1.82, 2.24) is 5.32 Å². The SMILES string of the molecule is CSCC[C@H](N)C(=O)NCC(C)Oc1ccccc1Cl. The number of para-hydroxylation sites is 1. The molecule has 2 atom stereocenters. The smallest absolute Gasteiger partial charge is 0.237 e. The van der Waals surface area contributed by atoms with Crippen LogP contribution in [0.2, 0.25) is 5.02 Å². The van der Waals surface area contributed by atoms with Crippen molar-refractivity contribution in [3.8, 4) is 5.75 Å². The number of halogens is 1. The summed E-state index contributed by atoms with van der Waals surface area (Å²) in [7, 11) is 0.